The Morgan fingerprint density at radius 2 is 1.64 bits per heavy atom. The molecule has 3 aliphatic heterocycles. The average Bonchev–Trinajstić information content (AvgIpc) is 3.73. The lowest BCUT2D eigenvalue weighted by Gasteiger charge is -2.36. The second-order valence-electron chi connectivity index (χ2n) is 12.5. The molecule has 1 saturated carbocycles. The predicted octanol–water partition coefficient (Wildman–Crippen LogP) is 2.01. The number of carbonyl (C=O) groups excluding carboxylic acids is 2. The van der Waals surface area contributed by atoms with E-state index >= 15 is 0 Å². The molecule has 11 heteroatoms. The number of hydrogen-bond donors (Lipinski definition) is 3. The van der Waals surface area contributed by atoms with Gasteiger partial charge in [0.1, 0.15) is 0 Å². The Kier molecular flexibility index (Phi) is 8.50. The Labute approximate surface area is 258 Å². The highest BCUT2D eigenvalue weighted by Crippen LogP contribution is 2.38. The van der Waals surface area contributed by atoms with Gasteiger partial charge in [0.2, 0.25) is 11.8 Å². The molecule has 1 aliphatic carbocycles. The Bertz CT molecular complexity index is 1420. The highest BCUT2D eigenvalue weighted by Gasteiger charge is 2.42. The van der Waals surface area contributed by atoms with Crippen LogP contribution in [-0.4, -0.2) is 94.5 Å². The average molecular weight is 596 g/mol. The van der Waals surface area contributed by atoms with Gasteiger partial charge >= 0.3 is 0 Å². The van der Waals surface area contributed by atoms with E-state index in [1.807, 2.05) is 23.4 Å². The maximum Gasteiger partial charge on any atom is 0.236 e. The Balaban J connectivity index is 0.852. The van der Waals surface area contributed by atoms with Crippen molar-refractivity contribution in [1.82, 2.24) is 40.9 Å². The van der Waals surface area contributed by atoms with Crippen molar-refractivity contribution in [2.24, 2.45) is 11.8 Å². The minimum absolute atomic E-state index is 0.0579. The first-order valence-corrected chi connectivity index (χ1v) is 15.9. The predicted molar refractivity (Wildman–Crippen MR) is 167 cm³/mol. The molecule has 0 radical (unpaired) electrons. The molecule has 5 atom stereocenters. The molecule has 4 fully saturated rings. The van der Waals surface area contributed by atoms with Crippen LogP contribution in [-0.2, 0) is 9.59 Å². The zero-order chi connectivity index (χ0) is 29.9. The van der Waals surface area contributed by atoms with Crippen LogP contribution in [0.25, 0.3) is 11.4 Å². The molecule has 1 aromatic carbocycles. The van der Waals surface area contributed by atoms with Crippen LogP contribution in [0.1, 0.15) is 37.3 Å². The number of carbonyl (C=O) groups is 2. The van der Waals surface area contributed by atoms with Crippen molar-refractivity contribution in [2.45, 2.75) is 43.8 Å². The van der Waals surface area contributed by atoms with Gasteiger partial charge in [0.15, 0.2) is 5.82 Å². The molecule has 4 unspecified atom stereocenters. The molecule has 2 amide bonds. The van der Waals surface area contributed by atoms with Crippen molar-refractivity contribution in [3.63, 3.8) is 0 Å². The lowest BCUT2D eigenvalue weighted by molar-refractivity contribution is -0.133. The fourth-order valence-electron chi connectivity index (χ4n) is 7.37. The lowest BCUT2D eigenvalue weighted by atomic mass is 9.77. The second kappa shape index (κ2) is 13.0. The van der Waals surface area contributed by atoms with Crippen LogP contribution in [0.3, 0.4) is 0 Å². The molecule has 7 rings (SSSR count). The van der Waals surface area contributed by atoms with E-state index in [1.165, 1.54) is 5.56 Å². The third-order valence-electron chi connectivity index (χ3n) is 9.85. The van der Waals surface area contributed by atoms with Crippen LogP contribution in [0.4, 0.5) is 5.69 Å². The van der Waals surface area contributed by atoms with Crippen molar-refractivity contribution in [3.05, 3.63) is 72.8 Å². The van der Waals surface area contributed by atoms with Crippen molar-refractivity contribution >= 4 is 17.5 Å². The molecule has 5 heterocycles. The van der Waals surface area contributed by atoms with Crippen LogP contribution in [0.15, 0.2) is 67.3 Å². The number of rotatable bonds is 7. The van der Waals surface area contributed by atoms with Gasteiger partial charge in [-0.2, -0.15) is 0 Å². The number of nitrogens with one attached hydrogen (secondary N) is 3. The molecular formula is C33H41N9O2. The number of aromatic nitrogens is 3. The number of hydrogen-bond acceptors (Lipinski definition) is 9. The fourth-order valence-corrected chi connectivity index (χ4v) is 7.37. The summed E-state index contributed by atoms with van der Waals surface area (Å²) >= 11 is 0. The minimum Gasteiger partial charge on any atom is -0.368 e. The van der Waals surface area contributed by atoms with Gasteiger partial charge in [0.05, 0.1) is 18.5 Å². The van der Waals surface area contributed by atoms with Crippen molar-refractivity contribution in [2.75, 3.05) is 50.7 Å². The third-order valence-corrected chi connectivity index (χ3v) is 9.85. The van der Waals surface area contributed by atoms with Gasteiger partial charge in [0.25, 0.3) is 0 Å². The van der Waals surface area contributed by atoms with Crippen molar-refractivity contribution in [1.29, 1.82) is 0 Å². The van der Waals surface area contributed by atoms with Crippen molar-refractivity contribution in [3.8, 4) is 11.4 Å². The third kappa shape index (κ3) is 6.31. The van der Waals surface area contributed by atoms with E-state index in [4.69, 9.17) is 0 Å². The number of benzene rings is 1. The highest BCUT2D eigenvalue weighted by atomic mass is 16.2. The van der Waals surface area contributed by atoms with E-state index in [9.17, 15) is 9.59 Å². The van der Waals surface area contributed by atoms with E-state index in [-0.39, 0.29) is 29.8 Å². The Morgan fingerprint density at radius 1 is 0.864 bits per heavy atom. The van der Waals surface area contributed by atoms with Crippen LogP contribution in [0, 0.1) is 11.8 Å². The summed E-state index contributed by atoms with van der Waals surface area (Å²) < 4.78 is 0. The van der Waals surface area contributed by atoms with Crippen LogP contribution in [0.5, 0.6) is 0 Å². The molecule has 44 heavy (non-hydrogen) atoms. The topological polar surface area (TPSA) is 119 Å². The van der Waals surface area contributed by atoms with Gasteiger partial charge < -0.3 is 15.1 Å². The summed E-state index contributed by atoms with van der Waals surface area (Å²) in [5.74, 6) is 1.39. The van der Waals surface area contributed by atoms with E-state index in [0.29, 0.717) is 38.1 Å². The van der Waals surface area contributed by atoms with E-state index in [1.54, 1.807) is 12.4 Å². The first-order valence-electron chi connectivity index (χ1n) is 15.9. The summed E-state index contributed by atoms with van der Waals surface area (Å²) in [7, 11) is 0. The molecule has 11 nitrogen and oxygen atoms in total. The standard InChI is InChI=1S/C33H41N9O2/c43-30(42-18-16-41(17-19-42)27-5-2-24(3-6-27)32-35-11-1-12-36-32)22-40-15-10-25(21-40)33(44)37-26-4-7-29-28(20-26)31(39-38-29)23-8-13-34-14-9-23/h1-3,5-6,8-9,11-14,25-26,28-29,31,38-39H,4,7,10,15-22H2,(H,37,44)/t25-,26?,28?,29?,31?/m1/s1. The van der Waals surface area contributed by atoms with E-state index in [0.717, 1.165) is 62.4 Å². The highest BCUT2D eigenvalue weighted by molar-refractivity contribution is 5.81. The van der Waals surface area contributed by atoms with Gasteiger partial charge in [-0.05, 0) is 86.2 Å². The van der Waals surface area contributed by atoms with Gasteiger partial charge in [-0.1, -0.05) is 0 Å². The number of anilines is 1. The normalized spacial score (nSPS) is 27.2. The maximum atomic E-state index is 13.3. The quantitative estimate of drug-likeness (QED) is 0.377. The summed E-state index contributed by atoms with van der Waals surface area (Å²) in [6.45, 7) is 4.82. The number of pyridine rings is 1. The first kappa shape index (κ1) is 28.8. The minimum atomic E-state index is -0.0579. The SMILES string of the molecule is O=C(NC1CCC2NNC(c3ccncc3)C2C1)[C@@H]1CCN(CC(=O)N2CCN(c3ccc(-c4ncccn4)cc3)CC2)C1. The Hall–Kier alpha value is -3.93. The summed E-state index contributed by atoms with van der Waals surface area (Å²) in [5.41, 5.74) is 10.3. The molecule has 3 aromatic rings. The number of nitrogens with zero attached hydrogens (tertiary/aromatic N) is 6. The van der Waals surface area contributed by atoms with Crippen LogP contribution in [0.2, 0.25) is 0 Å². The van der Waals surface area contributed by atoms with Crippen LogP contribution >= 0.6 is 0 Å². The molecule has 0 spiro atoms. The molecule has 4 aliphatic rings. The molecule has 0 bridgehead atoms. The fraction of sp³-hybridized carbons (Fsp3) is 0.485. The first-order chi connectivity index (χ1) is 21.6. The van der Waals surface area contributed by atoms with Crippen molar-refractivity contribution < 1.29 is 9.59 Å². The monoisotopic (exact) mass is 595 g/mol. The van der Waals surface area contributed by atoms with Gasteiger partial charge in [0, 0.05) is 80.8 Å². The summed E-state index contributed by atoms with van der Waals surface area (Å²) in [5, 5.41) is 3.37. The van der Waals surface area contributed by atoms with Gasteiger partial charge in [-0.25, -0.2) is 15.4 Å². The second-order valence-corrected chi connectivity index (χ2v) is 12.5. The van der Waals surface area contributed by atoms with Gasteiger partial charge in [-0.15, -0.1) is 0 Å². The maximum absolute atomic E-state index is 13.3. The number of fused-ring (bicyclic) bond motifs is 1. The molecule has 3 saturated heterocycles. The smallest absolute Gasteiger partial charge is 0.236 e. The lowest BCUT2D eigenvalue weighted by Crippen LogP contribution is -2.51. The molecule has 230 valence electrons. The summed E-state index contributed by atoms with van der Waals surface area (Å²) in [6.07, 6.45) is 11.0. The summed E-state index contributed by atoms with van der Waals surface area (Å²) in [6, 6.07) is 15.1. The van der Waals surface area contributed by atoms with Crippen LogP contribution < -0.4 is 21.1 Å². The molecule has 3 N–H and O–H groups in total. The zero-order valence-corrected chi connectivity index (χ0v) is 25.0. The number of likely N-dealkylation sites (tertiary alicyclic amines) is 1. The number of hydrazine groups is 1. The van der Waals surface area contributed by atoms with E-state index < -0.39 is 0 Å². The number of amides is 2. The molecular weight excluding hydrogens is 554 g/mol. The van der Waals surface area contributed by atoms with E-state index in [2.05, 4.69) is 77.3 Å². The molecule has 2 aromatic heterocycles. The number of piperazine rings is 1. The Morgan fingerprint density at radius 3 is 2.41 bits per heavy atom. The zero-order valence-electron chi connectivity index (χ0n) is 25.0. The summed E-state index contributed by atoms with van der Waals surface area (Å²) in [4.78, 5) is 45.7. The van der Waals surface area contributed by atoms with Gasteiger partial charge in [-0.3, -0.25) is 24.9 Å². The largest absolute Gasteiger partial charge is 0.368 e.